The van der Waals surface area contributed by atoms with E-state index < -0.39 is 12.1 Å². The van der Waals surface area contributed by atoms with Gasteiger partial charge in [0.25, 0.3) is 0 Å². The van der Waals surface area contributed by atoms with Gasteiger partial charge in [0.1, 0.15) is 0 Å². The molecule has 1 fully saturated rings. The molecule has 0 aromatic rings. The van der Waals surface area contributed by atoms with Crippen LogP contribution in [0.3, 0.4) is 0 Å². The number of nitrogens with zero attached hydrogens (tertiary/aromatic N) is 2. The van der Waals surface area contributed by atoms with Crippen molar-refractivity contribution in [1.82, 2.24) is 9.96 Å². The predicted molar refractivity (Wildman–Crippen MR) is 55.0 cm³/mol. The van der Waals surface area contributed by atoms with Gasteiger partial charge in [-0.25, -0.2) is 4.79 Å². The highest BCUT2D eigenvalue weighted by Crippen LogP contribution is 2.21. The number of carbonyl (C=O) groups excluding carboxylic acids is 1. The van der Waals surface area contributed by atoms with E-state index in [4.69, 9.17) is 0 Å². The molecule has 1 saturated heterocycles. The highest BCUT2D eigenvalue weighted by molar-refractivity contribution is 5.75. The molecule has 1 rings (SSSR count). The first-order chi connectivity index (χ1) is 7.79. The summed E-state index contributed by atoms with van der Waals surface area (Å²) in [6.45, 7) is 1.63. The van der Waals surface area contributed by atoms with Gasteiger partial charge in [-0.3, -0.25) is 0 Å². The zero-order chi connectivity index (χ0) is 13.1. The second kappa shape index (κ2) is 5.68. The smallest absolute Gasteiger partial charge is 0.361 e. The van der Waals surface area contributed by atoms with E-state index in [9.17, 15) is 18.0 Å². The fourth-order valence-electron chi connectivity index (χ4n) is 1.87. The van der Waals surface area contributed by atoms with Gasteiger partial charge in [-0.2, -0.15) is 13.2 Å². The first-order valence-corrected chi connectivity index (χ1v) is 5.48. The predicted octanol–water partition coefficient (Wildman–Crippen LogP) is 1.28. The Hall–Kier alpha value is -0.820. The van der Waals surface area contributed by atoms with E-state index in [0.29, 0.717) is 19.0 Å². The summed E-state index contributed by atoms with van der Waals surface area (Å²) in [6.07, 6.45) is -3.44. The molecule has 0 bridgehead atoms. The summed E-state index contributed by atoms with van der Waals surface area (Å²) >= 11 is 0. The van der Waals surface area contributed by atoms with Crippen LogP contribution in [0.1, 0.15) is 12.8 Å². The molecule has 0 aromatic carbocycles. The van der Waals surface area contributed by atoms with Crippen molar-refractivity contribution in [3.05, 3.63) is 0 Å². The number of rotatable bonds is 3. The number of hydrogen-bond acceptors (Lipinski definition) is 4. The second-order valence-corrected chi connectivity index (χ2v) is 4.51. The van der Waals surface area contributed by atoms with Crippen molar-refractivity contribution in [2.75, 3.05) is 33.7 Å². The van der Waals surface area contributed by atoms with Crippen molar-refractivity contribution < 1.29 is 22.8 Å². The Morgan fingerprint density at radius 3 is 2.29 bits per heavy atom. The fraction of sp³-hybridized carbons (Fsp3) is 0.900. The summed E-state index contributed by atoms with van der Waals surface area (Å²) in [5.41, 5.74) is 0. The molecule has 0 radical (unpaired) electrons. The normalized spacial score (nSPS) is 19.6. The number of halogens is 3. The third-order valence-corrected chi connectivity index (χ3v) is 2.64. The Morgan fingerprint density at radius 2 is 1.88 bits per heavy atom. The van der Waals surface area contributed by atoms with E-state index in [-0.39, 0.29) is 0 Å². The van der Waals surface area contributed by atoms with E-state index in [1.54, 1.807) is 0 Å². The van der Waals surface area contributed by atoms with Crippen LogP contribution in [0.2, 0.25) is 0 Å². The van der Waals surface area contributed by atoms with Crippen molar-refractivity contribution in [2.45, 2.75) is 19.0 Å². The first kappa shape index (κ1) is 14.2. The van der Waals surface area contributed by atoms with Gasteiger partial charge in [0, 0.05) is 19.6 Å². The first-order valence-electron chi connectivity index (χ1n) is 5.48. The molecule has 17 heavy (non-hydrogen) atoms. The summed E-state index contributed by atoms with van der Waals surface area (Å²) in [5.74, 6) is -1.69. The van der Waals surface area contributed by atoms with Gasteiger partial charge < -0.3 is 9.74 Å². The third-order valence-electron chi connectivity index (χ3n) is 2.64. The molecule has 0 spiro atoms. The maximum Gasteiger partial charge on any atom is 0.492 e. The monoisotopic (exact) mass is 254 g/mol. The van der Waals surface area contributed by atoms with Gasteiger partial charge in [0.15, 0.2) is 0 Å². The molecule has 4 nitrogen and oxygen atoms in total. The van der Waals surface area contributed by atoms with E-state index in [0.717, 1.165) is 24.4 Å². The van der Waals surface area contributed by atoms with Crippen LogP contribution in [0.4, 0.5) is 13.2 Å². The summed E-state index contributed by atoms with van der Waals surface area (Å²) in [6, 6.07) is 0. The molecule has 7 heteroatoms. The molecule has 0 amide bonds. The lowest BCUT2D eigenvalue weighted by Crippen LogP contribution is -2.41. The minimum atomic E-state index is -4.92. The van der Waals surface area contributed by atoms with Gasteiger partial charge in [-0.1, -0.05) is 0 Å². The highest BCUT2D eigenvalue weighted by Gasteiger charge is 2.42. The SMILES string of the molecule is CN(C)CC1CCN(OC(=O)C(F)(F)F)CC1. The van der Waals surface area contributed by atoms with Crippen molar-refractivity contribution >= 4 is 5.97 Å². The number of hydrogen-bond donors (Lipinski definition) is 0. The molecular weight excluding hydrogens is 237 g/mol. The Kier molecular flexibility index (Phi) is 4.76. The van der Waals surface area contributed by atoms with Gasteiger partial charge >= 0.3 is 12.1 Å². The molecule has 100 valence electrons. The summed E-state index contributed by atoms with van der Waals surface area (Å²) in [5, 5.41) is 1.10. The zero-order valence-electron chi connectivity index (χ0n) is 9.96. The van der Waals surface area contributed by atoms with Crippen molar-refractivity contribution in [1.29, 1.82) is 0 Å². The zero-order valence-corrected chi connectivity index (χ0v) is 9.96. The average molecular weight is 254 g/mol. The minimum absolute atomic E-state index is 0.361. The number of piperidine rings is 1. The van der Waals surface area contributed by atoms with Crippen LogP contribution < -0.4 is 0 Å². The van der Waals surface area contributed by atoms with E-state index in [1.165, 1.54) is 0 Å². The molecule has 0 unspecified atom stereocenters. The fourth-order valence-corrected chi connectivity index (χ4v) is 1.87. The average Bonchev–Trinajstić information content (AvgIpc) is 2.18. The minimum Gasteiger partial charge on any atom is -0.361 e. The molecule has 1 heterocycles. The lowest BCUT2D eigenvalue weighted by Gasteiger charge is -2.31. The van der Waals surface area contributed by atoms with Crippen LogP contribution in [-0.2, 0) is 9.63 Å². The molecule has 0 atom stereocenters. The Bertz CT molecular complexity index is 261. The highest BCUT2D eigenvalue weighted by atomic mass is 19.4. The summed E-state index contributed by atoms with van der Waals surface area (Å²) in [4.78, 5) is 16.9. The van der Waals surface area contributed by atoms with Crippen LogP contribution in [0.25, 0.3) is 0 Å². The van der Waals surface area contributed by atoms with Crippen LogP contribution in [0.15, 0.2) is 0 Å². The quantitative estimate of drug-likeness (QED) is 0.759. The lowest BCUT2D eigenvalue weighted by atomic mass is 9.98. The molecule has 1 aliphatic rings. The summed E-state index contributed by atoms with van der Waals surface area (Å²) < 4.78 is 35.8. The maximum absolute atomic E-state index is 11.9. The Labute approximate surface area is 98.3 Å². The Morgan fingerprint density at radius 1 is 1.35 bits per heavy atom. The van der Waals surface area contributed by atoms with Crippen LogP contribution in [0, 0.1) is 5.92 Å². The maximum atomic E-state index is 11.9. The van der Waals surface area contributed by atoms with E-state index in [2.05, 4.69) is 4.84 Å². The van der Waals surface area contributed by atoms with Crippen LogP contribution in [0.5, 0.6) is 0 Å². The topological polar surface area (TPSA) is 32.8 Å². The molecule has 0 aromatic heterocycles. The third kappa shape index (κ3) is 4.91. The van der Waals surface area contributed by atoms with Gasteiger partial charge in [-0.05, 0) is 32.9 Å². The van der Waals surface area contributed by atoms with Crippen molar-refractivity contribution in [3.8, 4) is 0 Å². The second-order valence-electron chi connectivity index (χ2n) is 4.51. The summed E-state index contributed by atoms with van der Waals surface area (Å²) in [7, 11) is 3.91. The molecule has 0 aliphatic carbocycles. The number of alkyl halides is 3. The molecular formula is C10H17F3N2O2. The molecule has 0 saturated carbocycles. The number of carbonyl (C=O) groups is 1. The van der Waals surface area contributed by atoms with E-state index >= 15 is 0 Å². The number of hydroxylamine groups is 2. The van der Waals surface area contributed by atoms with Gasteiger partial charge in [0.2, 0.25) is 0 Å². The Balaban J connectivity index is 2.30. The van der Waals surface area contributed by atoms with Gasteiger partial charge in [-0.15, -0.1) is 5.06 Å². The van der Waals surface area contributed by atoms with Crippen molar-refractivity contribution in [2.24, 2.45) is 5.92 Å². The van der Waals surface area contributed by atoms with Crippen LogP contribution in [-0.4, -0.2) is 55.8 Å². The van der Waals surface area contributed by atoms with Crippen LogP contribution >= 0.6 is 0 Å². The standard InChI is InChI=1S/C10H17F3N2O2/c1-14(2)7-8-3-5-15(6-4-8)17-9(16)10(11,12)13/h8H,3-7H2,1-2H3. The van der Waals surface area contributed by atoms with Gasteiger partial charge in [0.05, 0.1) is 0 Å². The largest absolute Gasteiger partial charge is 0.492 e. The van der Waals surface area contributed by atoms with E-state index in [1.807, 2.05) is 19.0 Å². The van der Waals surface area contributed by atoms with Crippen molar-refractivity contribution in [3.63, 3.8) is 0 Å². The lowest BCUT2D eigenvalue weighted by molar-refractivity contribution is -0.242. The molecule has 1 aliphatic heterocycles. The molecule has 0 N–H and O–H groups in total.